The van der Waals surface area contributed by atoms with Crippen LogP contribution in [0.25, 0.3) is 10.9 Å². The van der Waals surface area contributed by atoms with Gasteiger partial charge in [0.2, 0.25) is 0 Å². The topological polar surface area (TPSA) is 54.4 Å². The summed E-state index contributed by atoms with van der Waals surface area (Å²) in [4.78, 5) is 17.7. The molecule has 1 aliphatic carbocycles. The van der Waals surface area contributed by atoms with Crippen molar-refractivity contribution in [2.75, 3.05) is 0 Å². The number of benzene rings is 2. The van der Waals surface area contributed by atoms with Crippen LogP contribution < -0.4 is 5.43 Å². The molecule has 0 aliphatic heterocycles. The lowest BCUT2D eigenvalue weighted by molar-refractivity contribution is 0.0956. The fourth-order valence-electron chi connectivity index (χ4n) is 3.24. The first-order valence-corrected chi connectivity index (χ1v) is 10.4. The maximum Gasteiger partial charge on any atom is 0.272 e. The van der Waals surface area contributed by atoms with Crippen molar-refractivity contribution < 1.29 is 4.79 Å². The van der Waals surface area contributed by atoms with E-state index in [1.54, 1.807) is 0 Å². The lowest BCUT2D eigenvalue weighted by Gasteiger charge is -2.09. The number of carbonyl (C=O) groups is 1. The fourth-order valence-corrected chi connectivity index (χ4v) is 3.60. The number of aryl methyl sites for hydroxylation is 1. The first kappa shape index (κ1) is 18.8. The molecule has 0 radical (unpaired) electrons. The number of rotatable bonds is 5. The Kier molecular flexibility index (Phi) is 5.27. The highest BCUT2D eigenvalue weighted by atomic mass is 79.9. The minimum absolute atomic E-state index is 0.211. The molecule has 1 fully saturated rings. The molecule has 1 amide bonds. The Morgan fingerprint density at radius 2 is 1.93 bits per heavy atom. The van der Waals surface area contributed by atoms with Gasteiger partial charge in [-0.3, -0.25) is 9.78 Å². The maximum absolute atomic E-state index is 12.9. The van der Waals surface area contributed by atoms with Crippen molar-refractivity contribution in [2.24, 2.45) is 5.10 Å². The number of halogens is 1. The standard InChI is InChI=1S/C23H22BrN3O/c1-3-15-4-6-16(7-5-15)14(2)26-27-23(28)20-13-22(17-8-9-17)25-21-11-10-18(24)12-19(20)21/h4-7,10-13,17H,3,8-9H2,1-2H3,(H,27,28). The van der Waals surface area contributed by atoms with Gasteiger partial charge in [0, 0.05) is 21.5 Å². The van der Waals surface area contributed by atoms with Gasteiger partial charge in [0.25, 0.3) is 5.91 Å². The van der Waals surface area contributed by atoms with Gasteiger partial charge in [-0.15, -0.1) is 0 Å². The molecule has 1 N–H and O–H groups in total. The van der Waals surface area contributed by atoms with E-state index in [4.69, 9.17) is 4.98 Å². The number of hydrazone groups is 1. The second-order valence-corrected chi connectivity index (χ2v) is 8.13. The Bertz CT molecular complexity index is 1070. The second-order valence-electron chi connectivity index (χ2n) is 7.22. The second kappa shape index (κ2) is 7.84. The molecule has 3 aromatic rings. The molecule has 1 aromatic heterocycles. The van der Waals surface area contributed by atoms with Crippen molar-refractivity contribution in [2.45, 2.75) is 39.0 Å². The largest absolute Gasteiger partial charge is 0.272 e. The van der Waals surface area contributed by atoms with Crippen molar-refractivity contribution >= 4 is 38.5 Å². The molecule has 1 saturated carbocycles. The van der Waals surface area contributed by atoms with Gasteiger partial charge >= 0.3 is 0 Å². The predicted octanol–water partition coefficient (Wildman–Crippen LogP) is 5.59. The molecule has 2 aromatic carbocycles. The molecular weight excluding hydrogens is 414 g/mol. The predicted molar refractivity (Wildman–Crippen MR) is 117 cm³/mol. The molecule has 0 saturated heterocycles. The number of nitrogens with zero attached hydrogens (tertiary/aromatic N) is 2. The average Bonchev–Trinajstić information content (AvgIpc) is 3.56. The SMILES string of the molecule is CCc1ccc(C(C)=NNC(=O)c2cc(C3CC3)nc3ccc(Br)cc23)cc1. The van der Waals surface area contributed by atoms with Crippen molar-refractivity contribution in [1.29, 1.82) is 0 Å². The van der Waals surface area contributed by atoms with Gasteiger partial charge < -0.3 is 0 Å². The van der Waals surface area contributed by atoms with Crippen LogP contribution in [0.2, 0.25) is 0 Å². The van der Waals surface area contributed by atoms with Gasteiger partial charge in [-0.2, -0.15) is 5.10 Å². The van der Waals surface area contributed by atoms with Gasteiger partial charge in [-0.1, -0.05) is 47.1 Å². The third kappa shape index (κ3) is 3.99. The van der Waals surface area contributed by atoms with E-state index >= 15 is 0 Å². The van der Waals surface area contributed by atoms with Crippen molar-refractivity contribution in [3.05, 3.63) is 75.4 Å². The zero-order chi connectivity index (χ0) is 19.7. The van der Waals surface area contributed by atoms with Crippen molar-refractivity contribution in [1.82, 2.24) is 10.4 Å². The Labute approximate surface area is 173 Å². The lowest BCUT2D eigenvalue weighted by atomic mass is 10.1. The van der Waals surface area contributed by atoms with Gasteiger partial charge in [0.05, 0.1) is 16.8 Å². The van der Waals surface area contributed by atoms with Gasteiger partial charge in [0.1, 0.15) is 0 Å². The molecule has 142 valence electrons. The number of carbonyl (C=O) groups excluding carboxylic acids is 1. The number of hydrogen-bond donors (Lipinski definition) is 1. The monoisotopic (exact) mass is 435 g/mol. The van der Waals surface area contributed by atoms with Crippen LogP contribution in [0.3, 0.4) is 0 Å². The Morgan fingerprint density at radius 1 is 1.18 bits per heavy atom. The Morgan fingerprint density at radius 3 is 2.61 bits per heavy atom. The first-order chi connectivity index (χ1) is 13.5. The van der Waals surface area contributed by atoms with Gasteiger partial charge in [0.15, 0.2) is 0 Å². The highest BCUT2D eigenvalue weighted by molar-refractivity contribution is 9.10. The van der Waals surface area contributed by atoms with Crippen LogP contribution in [0.15, 0.2) is 58.1 Å². The highest BCUT2D eigenvalue weighted by Gasteiger charge is 2.27. The van der Waals surface area contributed by atoms with Crippen molar-refractivity contribution in [3.63, 3.8) is 0 Å². The molecule has 1 aliphatic rings. The molecule has 0 unspecified atom stereocenters. The summed E-state index contributed by atoms with van der Waals surface area (Å²) in [5.74, 6) is 0.263. The summed E-state index contributed by atoms with van der Waals surface area (Å²) in [7, 11) is 0. The summed E-state index contributed by atoms with van der Waals surface area (Å²) in [6.45, 7) is 4.03. The Hall–Kier alpha value is -2.53. The number of nitrogens with one attached hydrogen (secondary N) is 1. The summed E-state index contributed by atoms with van der Waals surface area (Å²) < 4.78 is 0.922. The van der Waals surface area contributed by atoms with Crippen LogP contribution >= 0.6 is 15.9 Å². The summed E-state index contributed by atoms with van der Waals surface area (Å²) in [5.41, 5.74) is 8.24. The summed E-state index contributed by atoms with van der Waals surface area (Å²) in [6.07, 6.45) is 3.28. The summed E-state index contributed by atoms with van der Waals surface area (Å²) in [5, 5.41) is 5.16. The van der Waals surface area contributed by atoms with Crippen LogP contribution in [-0.2, 0) is 6.42 Å². The first-order valence-electron chi connectivity index (χ1n) is 9.59. The van der Waals surface area contributed by atoms with Crippen LogP contribution in [0.4, 0.5) is 0 Å². The molecule has 0 atom stereocenters. The van der Waals surface area contributed by atoms with E-state index in [1.165, 1.54) is 5.56 Å². The number of fused-ring (bicyclic) bond motifs is 1. The molecule has 1 heterocycles. The maximum atomic E-state index is 12.9. The summed E-state index contributed by atoms with van der Waals surface area (Å²) in [6, 6.07) is 16.0. The van der Waals surface area contributed by atoms with Crippen LogP contribution in [-0.4, -0.2) is 16.6 Å². The van der Waals surface area contributed by atoms with E-state index in [9.17, 15) is 4.79 Å². The van der Waals surface area contributed by atoms with Crippen LogP contribution in [0, 0.1) is 0 Å². The molecule has 4 rings (SSSR count). The van der Waals surface area contributed by atoms with E-state index in [-0.39, 0.29) is 5.91 Å². The molecular formula is C23H22BrN3O. The van der Waals surface area contributed by atoms with E-state index in [0.717, 1.165) is 51.6 Å². The molecule has 4 nitrogen and oxygen atoms in total. The molecule has 5 heteroatoms. The van der Waals surface area contributed by atoms with Crippen LogP contribution in [0.1, 0.15) is 59.8 Å². The van der Waals surface area contributed by atoms with Gasteiger partial charge in [-0.25, -0.2) is 5.43 Å². The minimum Gasteiger partial charge on any atom is -0.267 e. The van der Waals surface area contributed by atoms with E-state index < -0.39 is 0 Å². The number of aromatic nitrogens is 1. The zero-order valence-electron chi connectivity index (χ0n) is 16.0. The van der Waals surface area contributed by atoms with Gasteiger partial charge in [-0.05, 0) is 61.6 Å². The third-order valence-electron chi connectivity index (χ3n) is 5.14. The minimum atomic E-state index is -0.211. The fraction of sp³-hybridized carbons (Fsp3) is 0.261. The van der Waals surface area contributed by atoms with E-state index in [0.29, 0.717) is 11.5 Å². The molecule has 0 bridgehead atoms. The van der Waals surface area contributed by atoms with E-state index in [1.807, 2.05) is 43.3 Å². The number of amides is 1. The zero-order valence-corrected chi connectivity index (χ0v) is 17.6. The number of hydrogen-bond acceptors (Lipinski definition) is 3. The summed E-state index contributed by atoms with van der Waals surface area (Å²) >= 11 is 3.49. The average molecular weight is 436 g/mol. The smallest absolute Gasteiger partial charge is 0.267 e. The number of pyridine rings is 1. The Balaban J connectivity index is 1.63. The van der Waals surface area contributed by atoms with Crippen LogP contribution in [0.5, 0.6) is 0 Å². The molecule has 28 heavy (non-hydrogen) atoms. The van der Waals surface area contributed by atoms with E-state index in [2.05, 4.69) is 45.5 Å². The molecule has 0 spiro atoms. The third-order valence-corrected chi connectivity index (χ3v) is 5.63. The quantitative estimate of drug-likeness (QED) is 0.419. The normalized spacial score (nSPS) is 14.3. The lowest BCUT2D eigenvalue weighted by Crippen LogP contribution is -2.20. The highest BCUT2D eigenvalue weighted by Crippen LogP contribution is 2.40. The van der Waals surface area contributed by atoms with Crippen molar-refractivity contribution in [3.8, 4) is 0 Å².